The summed E-state index contributed by atoms with van der Waals surface area (Å²) in [7, 11) is 0. The van der Waals surface area contributed by atoms with Gasteiger partial charge in [-0.3, -0.25) is 14.5 Å². The molecule has 1 unspecified atom stereocenters. The SMILES string of the molecule is Cc1ccc(N2CCN(C(=O)CC3C(=O)NCCN3Cc3cccs3)CC2)c(C)c1. The first-order valence-corrected chi connectivity index (χ1v) is 11.5. The normalized spacial score (nSPS) is 20.3. The van der Waals surface area contributed by atoms with E-state index in [-0.39, 0.29) is 24.3 Å². The number of nitrogens with one attached hydrogen (secondary N) is 1. The molecule has 2 aliphatic rings. The molecule has 7 heteroatoms. The molecule has 3 heterocycles. The molecule has 2 aliphatic heterocycles. The quantitative estimate of drug-likeness (QED) is 0.798. The number of rotatable bonds is 5. The van der Waals surface area contributed by atoms with E-state index in [0.29, 0.717) is 19.6 Å². The van der Waals surface area contributed by atoms with Crippen molar-refractivity contribution in [3.63, 3.8) is 0 Å². The van der Waals surface area contributed by atoms with Crippen molar-refractivity contribution in [2.24, 2.45) is 0 Å². The van der Waals surface area contributed by atoms with Crippen LogP contribution in [-0.2, 0) is 16.1 Å². The van der Waals surface area contributed by atoms with Crippen LogP contribution in [-0.4, -0.2) is 66.9 Å². The molecule has 6 nitrogen and oxygen atoms in total. The van der Waals surface area contributed by atoms with E-state index in [1.165, 1.54) is 21.7 Å². The van der Waals surface area contributed by atoms with Crippen molar-refractivity contribution in [1.82, 2.24) is 15.1 Å². The second-order valence-electron chi connectivity index (χ2n) is 8.22. The maximum Gasteiger partial charge on any atom is 0.237 e. The van der Waals surface area contributed by atoms with Gasteiger partial charge in [0.05, 0.1) is 12.5 Å². The molecule has 2 amide bonds. The van der Waals surface area contributed by atoms with Gasteiger partial charge in [-0.15, -0.1) is 11.3 Å². The van der Waals surface area contributed by atoms with Crippen LogP contribution >= 0.6 is 11.3 Å². The van der Waals surface area contributed by atoms with E-state index in [4.69, 9.17) is 0 Å². The number of aryl methyl sites for hydroxylation is 2. The lowest BCUT2D eigenvalue weighted by Crippen LogP contribution is -2.57. The highest BCUT2D eigenvalue weighted by atomic mass is 32.1. The Balaban J connectivity index is 1.35. The molecule has 2 aromatic rings. The molecule has 0 aliphatic carbocycles. The molecular weight excluding hydrogens is 396 g/mol. The molecule has 2 saturated heterocycles. The Morgan fingerprint density at radius 2 is 1.93 bits per heavy atom. The van der Waals surface area contributed by atoms with Crippen molar-refractivity contribution in [2.75, 3.05) is 44.2 Å². The minimum atomic E-state index is -0.384. The Kier molecular flexibility index (Phi) is 6.39. The standard InChI is InChI=1S/C23H30N4O2S/c1-17-5-6-20(18(2)14-17)25-9-11-26(12-10-25)22(28)15-21-23(29)24-7-8-27(21)16-19-4-3-13-30-19/h3-6,13-14,21H,7-12,15-16H2,1-2H3,(H,24,29). The van der Waals surface area contributed by atoms with Gasteiger partial charge in [0.2, 0.25) is 11.8 Å². The van der Waals surface area contributed by atoms with Gasteiger partial charge in [-0.05, 0) is 36.9 Å². The molecule has 1 atom stereocenters. The van der Waals surface area contributed by atoms with Gasteiger partial charge in [-0.2, -0.15) is 0 Å². The van der Waals surface area contributed by atoms with Gasteiger partial charge in [0.15, 0.2) is 0 Å². The minimum absolute atomic E-state index is 0.0277. The smallest absolute Gasteiger partial charge is 0.237 e. The van der Waals surface area contributed by atoms with Gasteiger partial charge in [0.1, 0.15) is 0 Å². The second kappa shape index (κ2) is 9.18. The average Bonchev–Trinajstić information content (AvgIpc) is 3.24. The largest absolute Gasteiger partial charge is 0.368 e. The lowest BCUT2D eigenvalue weighted by molar-refractivity contribution is -0.139. The predicted octanol–water partition coefficient (Wildman–Crippen LogP) is 2.40. The second-order valence-corrected chi connectivity index (χ2v) is 9.25. The van der Waals surface area contributed by atoms with Gasteiger partial charge < -0.3 is 15.1 Å². The minimum Gasteiger partial charge on any atom is -0.368 e. The van der Waals surface area contributed by atoms with Crippen molar-refractivity contribution in [3.05, 3.63) is 51.7 Å². The summed E-state index contributed by atoms with van der Waals surface area (Å²) in [6, 6.07) is 10.3. The number of benzene rings is 1. The van der Waals surface area contributed by atoms with Crippen LogP contribution in [0.15, 0.2) is 35.7 Å². The van der Waals surface area contributed by atoms with Crippen molar-refractivity contribution >= 4 is 28.8 Å². The van der Waals surface area contributed by atoms with Gasteiger partial charge in [0.25, 0.3) is 0 Å². The van der Waals surface area contributed by atoms with Crippen molar-refractivity contribution in [3.8, 4) is 0 Å². The van der Waals surface area contributed by atoms with Crippen molar-refractivity contribution in [2.45, 2.75) is 32.9 Å². The monoisotopic (exact) mass is 426 g/mol. The van der Waals surface area contributed by atoms with Crippen molar-refractivity contribution in [1.29, 1.82) is 0 Å². The van der Waals surface area contributed by atoms with E-state index >= 15 is 0 Å². The van der Waals surface area contributed by atoms with Crippen LogP contribution in [0.4, 0.5) is 5.69 Å². The van der Waals surface area contributed by atoms with Gasteiger partial charge in [-0.1, -0.05) is 23.8 Å². The number of carbonyl (C=O) groups excluding carboxylic acids is 2. The van der Waals surface area contributed by atoms with E-state index in [1.807, 2.05) is 11.0 Å². The molecule has 0 saturated carbocycles. The Hall–Kier alpha value is -2.38. The molecule has 0 radical (unpaired) electrons. The number of piperazine rings is 2. The fraction of sp³-hybridized carbons (Fsp3) is 0.478. The number of hydrogen-bond acceptors (Lipinski definition) is 5. The fourth-order valence-electron chi connectivity index (χ4n) is 4.43. The molecule has 1 aromatic heterocycles. The summed E-state index contributed by atoms with van der Waals surface area (Å²) in [6.45, 7) is 9.45. The first kappa shape index (κ1) is 20.9. The Bertz CT molecular complexity index is 891. The third-order valence-corrected chi connectivity index (χ3v) is 6.94. The zero-order valence-electron chi connectivity index (χ0n) is 17.8. The van der Waals surface area contributed by atoms with Crippen LogP contribution in [0.1, 0.15) is 22.4 Å². The maximum atomic E-state index is 13.0. The number of amides is 2. The van der Waals surface area contributed by atoms with Gasteiger partial charge in [-0.25, -0.2) is 0 Å². The summed E-state index contributed by atoms with van der Waals surface area (Å²) in [5.74, 6) is 0.0496. The molecule has 4 rings (SSSR count). The summed E-state index contributed by atoms with van der Waals surface area (Å²) >= 11 is 1.69. The highest BCUT2D eigenvalue weighted by Crippen LogP contribution is 2.23. The fourth-order valence-corrected chi connectivity index (χ4v) is 5.16. The molecule has 1 aromatic carbocycles. The number of carbonyl (C=O) groups is 2. The third kappa shape index (κ3) is 4.68. The topological polar surface area (TPSA) is 55.9 Å². The van der Waals surface area contributed by atoms with E-state index in [1.54, 1.807) is 11.3 Å². The average molecular weight is 427 g/mol. The van der Waals surface area contributed by atoms with Crippen LogP contribution in [0.25, 0.3) is 0 Å². The van der Waals surface area contributed by atoms with E-state index in [0.717, 1.165) is 26.2 Å². The van der Waals surface area contributed by atoms with E-state index < -0.39 is 0 Å². The van der Waals surface area contributed by atoms with Crippen molar-refractivity contribution < 1.29 is 9.59 Å². The number of anilines is 1. The van der Waals surface area contributed by atoms with Crippen LogP contribution in [0, 0.1) is 13.8 Å². The zero-order valence-corrected chi connectivity index (χ0v) is 18.6. The highest BCUT2D eigenvalue weighted by molar-refractivity contribution is 7.09. The summed E-state index contributed by atoms with van der Waals surface area (Å²) in [6.07, 6.45) is 0.251. The molecule has 30 heavy (non-hydrogen) atoms. The number of hydrogen-bond donors (Lipinski definition) is 1. The Morgan fingerprint density at radius 1 is 1.13 bits per heavy atom. The van der Waals surface area contributed by atoms with Gasteiger partial charge in [0, 0.05) is 56.4 Å². The predicted molar refractivity (Wildman–Crippen MR) is 121 cm³/mol. The third-order valence-electron chi connectivity index (χ3n) is 6.07. The zero-order chi connectivity index (χ0) is 21.1. The Labute approximate surface area is 182 Å². The first-order valence-electron chi connectivity index (χ1n) is 10.7. The molecule has 2 fully saturated rings. The highest BCUT2D eigenvalue weighted by Gasteiger charge is 2.33. The van der Waals surface area contributed by atoms with Crippen LogP contribution < -0.4 is 10.2 Å². The van der Waals surface area contributed by atoms with Crippen LogP contribution in [0.5, 0.6) is 0 Å². The summed E-state index contributed by atoms with van der Waals surface area (Å²) in [5, 5.41) is 4.98. The van der Waals surface area contributed by atoms with E-state index in [9.17, 15) is 9.59 Å². The number of nitrogens with zero attached hydrogens (tertiary/aromatic N) is 3. The maximum absolute atomic E-state index is 13.0. The lowest BCUT2D eigenvalue weighted by atomic mass is 10.1. The number of thiophene rings is 1. The molecular formula is C23H30N4O2S. The molecule has 1 N–H and O–H groups in total. The molecule has 0 spiro atoms. The summed E-state index contributed by atoms with van der Waals surface area (Å²) < 4.78 is 0. The molecule has 160 valence electrons. The van der Waals surface area contributed by atoms with Gasteiger partial charge >= 0.3 is 0 Å². The Morgan fingerprint density at radius 3 is 2.63 bits per heavy atom. The van der Waals surface area contributed by atoms with Crippen LogP contribution in [0.2, 0.25) is 0 Å². The summed E-state index contributed by atoms with van der Waals surface area (Å²) in [4.78, 5) is 33.2. The first-order chi connectivity index (χ1) is 14.5. The van der Waals surface area contributed by atoms with Crippen LogP contribution in [0.3, 0.4) is 0 Å². The lowest BCUT2D eigenvalue weighted by Gasteiger charge is -2.39. The summed E-state index contributed by atoms with van der Waals surface area (Å²) in [5.41, 5.74) is 3.79. The van der Waals surface area contributed by atoms with E-state index in [2.05, 4.69) is 58.6 Å². The molecule has 0 bridgehead atoms.